The summed E-state index contributed by atoms with van der Waals surface area (Å²) in [6, 6.07) is 3.60. The van der Waals surface area contributed by atoms with Gasteiger partial charge in [-0.15, -0.1) is 6.58 Å². The molecule has 22 heavy (non-hydrogen) atoms. The van der Waals surface area contributed by atoms with E-state index in [-0.39, 0.29) is 12.2 Å². The van der Waals surface area contributed by atoms with Gasteiger partial charge in [-0.3, -0.25) is 9.10 Å². The molecular formula is C14H19ClN2O4S. The number of nitrogens with zero attached hydrogens (tertiary/aromatic N) is 1. The van der Waals surface area contributed by atoms with E-state index in [0.29, 0.717) is 10.8 Å². The van der Waals surface area contributed by atoms with Crippen molar-refractivity contribution in [3.05, 3.63) is 35.9 Å². The number of nitrogens with one attached hydrogen (secondary N) is 1. The number of rotatable bonds is 7. The summed E-state index contributed by atoms with van der Waals surface area (Å²) >= 11 is 5.94. The van der Waals surface area contributed by atoms with E-state index >= 15 is 0 Å². The summed E-state index contributed by atoms with van der Waals surface area (Å²) in [4.78, 5) is 12.1. The van der Waals surface area contributed by atoms with E-state index in [1.807, 2.05) is 0 Å². The van der Waals surface area contributed by atoms with Crippen molar-refractivity contribution in [3.8, 4) is 5.75 Å². The zero-order valence-corrected chi connectivity index (χ0v) is 14.2. The van der Waals surface area contributed by atoms with Crippen molar-refractivity contribution in [3.63, 3.8) is 0 Å². The van der Waals surface area contributed by atoms with Crippen LogP contribution in [-0.4, -0.2) is 40.3 Å². The van der Waals surface area contributed by atoms with Crippen molar-refractivity contribution in [2.45, 2.75) is 13.0 Å². The number of amides is 1. The molecule has 1 rings (SSSR count). The number of carbonyl (C=O) groups excluding carboxylic acids is 1. The number of hydrogen-bond acceptors (Lipinski definition) is 4. The molecule has 0 radical (unpaired) electrons. The SMILES string of the molecule is C=CCNC(=O)[C@H](C)N(c1cc(Cl)ccc1OC)S(C)(=O)=O. The average molecular weight is 347 g/mol. The number of carbonyl (C=O) groups is 1. The van der Waals surface area contributed by atoms with Gasteiger partial charge >= 0.3 is 0 Å². The molecule has 0 aliphatic carbocycles. The lowest BCUT2D eigenvalue weighted by atomic mass is 10.2. The summed E-state index contributed by atoms with van der Waals surface area (Å²) in [7, 11) is -2.32. The molecule has 1 aromatic carbocycles. The molecule has 0 aromatic heterocycles. The quantitative estimate of drug-likeness (QED) is 0.764. The van der Waals surface area contributed by atoms with Crippen molar-refractivity contribution < 1.29 is 17.9 Å². The van der Waals surface area contributed by atoms with Gasteiger partial charge in [0, 0.05) is 11.6 Å². The van der Waals surface area contributed by atoms with Gasteiger partial charge in [-0.05, 0) is 25.1 Å². The Morgan fingerprint density at radius 3 is 2.68 bits per heavy atom. The predicted molar refractivity (Wildman–Crippen MR) is 88.0 cm³/mol. The van der Waals surface area contributed by atoms with Gasteiger partial charge in [-0.1, -0.05) is 17.7 Å². The second-order valence-electron chi connectivity index (χ2n) is 4.58. The zero-order valence-electron chi connectivity index (χ0n) is 12.7. The summed E-state index contributed by atoms with van der Waals surface area (Å²) in [5, 5.41) is 2.91. The van der Waals surface area contributed by atoms with Gasteiger partial charge in [0.15, 0.2) is 0 Å². The van der Waals surface area contributed by atoms with Crippen molar-refractivity contribution in [2.24, 2.45) is 0 Å². The number of benzene rings is 1. The molecule has 1 N–H and O–H groups in total. The van der Waals surface area contributed by atoms with E-state index in [4.69, 9.17) is 16.3 Å². The largest absolute Gasteiger partial charge is 0.495 e. The van der Waals surface area contributed by atoms with Crippen molar-refractivity contribution in [1.82, 2.24) is 5.32 Å². The highest BCUT2D eigenvalue weighted by Crippen LogP contribution is 2.34. The van der Waals surface area contributed by atoms with E-state index in [0.717, 1.165) is 10.6 Å². The Morgan fingerprint density at radius 1 is 1.55 bits per heavy atom. The number of halogens is 1. The molecule has 1 amide bonds. The minimum atomic E-state index is -3.73. The van der Waals surface area contributed by atoms with Crippen LogP contribution in [0, 0.1) is 0 Å². The van der Waals surface area contributed by atoms with Gasteiger partial charge in [0.25, 0.3) is 0 Å². The minimum absolute atomic E-state index is 0.207. The average Bonchev–Trinajstić information content (AvgIpc) is 2.43. The van der Waals surface area contributed by atoms with E-state index < -0.39 is 22.0 Å². The van der Waals surface area contributed by atoms with Gasteiger partial charge < -0.3 is 10.1 Å². The van der Waals surface area contributed by atoms with Crippen LogP contribution >= 0.6 is 11.6 Å². The zero-order chi connectivity index (χ0) is 16.9. The molecule has 0 aliphatic heterocycles. The first-order valence-electron chi connectivity index (χ1n) is 6.44. The number of ether oxygens (including phenoxy) is 1. The molecule has 1 aromatic rings. The molecule has 1 atom stereocenters. The van der Waals surface area contributed by atoms with Gasteiger partial charge in [0.05, 0.1) is 19.1 Å². The van der Waals surface area contributed by atoms with Crippen LogP contribution in [0.25, 0.3) is 0 Å². The van der Waals surface area contributed by atoms with E-state index in [1.165, 1.54) is 26.2 Å². The van der Waals surface area contributed by atoms with Crippen LogP contribution in [0.2, 0.25) is 5.02 Å². The fraction of sp³-hybridized carbons (Fsp3) is 0.357. The lowest BCUT2D eigenvalue weighted by Crippen LogP contribution is -2.48. The van der Waals surface area contributed by atoms with Crippen LogP contribution in [0.3, 0.4) is 0 Å². The van der Waals surface area contributed by atoms with Crippen molar-refractivity contribution in [1.29, 1.82) is 0 Å². The first-order chi connectivity index (χ1) is 10.2. The van der Waals surface area contributed by atoms with E-state index in [1.54, 1.807) is 12.1 Å². The van der Waals surface area contributed by atoms with Crippen LogP contribution in [0.15, 0.2) is 30.9 Å². The molecule has 0 bridgehead atoms. The van der Waals surface area contributed by atoms with Gasteiger partial charge in [-0.25, -0.2) is 8.42 Å². The standard InChI is InChI=1S/C14H19ClN2O4S/c1-5-8-16-14(18)10(2)17(22(4,19)20)12-9-11(15)6-7-13(12)21-3/h5-7,9-10H,1,8H2,2-4H3,(H,16,18)/t10-/m0/s1. The smallest absolute Gasteiger partial charge is 0.243 e. The molecule has 122 valence electrons. The second-order valence-corrected chi connectivity index (χ2v) is 6.88. The van der Waals surface area contributed by atoms with Crippen LogP contribution in [0.4, 0.5) is 5.69 Å². The highest BCUT2D eigenvalue weighted by molar-refractivity contribution is 7.92. The summed E-state index contributed by atoms with van der Waals surface area (Å²) < 4.78 is 30.5. The van der Waals surface area contributed by atoms with Crippen LogP contribution in [0.1, 0.15) is 6.92 Å². The molecule has 8 heteroatoms. The van der Waals surface area contributed by atoms with Crippen molar-refractivity contribution >= 4 is 33.2 Å². The summed E-state index contributed by atoms with van der Waals surface area (Å²) in [6.07, 6.45) is 2.53. The number of methoxy groups -OCH3 is 1. The monoisotopic (exact) mass is 346 g/mol. The molecular weight excluding hydrogens is 328 g/mol. The number of sulfonamides is 1. The first kappa shape index (κ1) is 18.3. The topological polar surface area (TPSA) is 75.7 Å². The molecule has 0 spiro atoms. The van der Waals surface area contributed by atoms with E-state index in [9.17, 15) is 13.2 Å². The van der Waals surface area contributed by atoms with Gasteiger partial charge in [0.1, 0.15) is 11.8 Å². The third-order valence-electron chi connectivity index (χ3n) is 2.89. The summed E-state index contributed by atoms with van der Waals surface area (Å²) in [5.41, 5.74) is 0.207. The van der Waals surface area contributed by atoms with Crippen molar-refractivity contribution in [2.75, 3.05) is 24.2 Å². The minimum Gasteiger partial charge on any atom is -0.495 e. The Balaban J connectivity index is 3.34. The van der Waals surface area contributed by atoms with Gasteiger partial charge in [-0.2, -0.15) is 0 Å². The maximum Gasteiger partial charge on any atom is 0.243 e. The molecule has 0 aliphatic rings. The second kappa shape index (κ2) is 7.51. The number of hydrogen-bond donors (Lipinski definition) is 1. The Hall–Kier alpha value is -1.73. The number of anilines is 1. The molecule has 0 saturated carbocycles. The third kappa shape index (κ3) is 4.38. The fourth-order valence-electron chi connectivity index (χ4n) is 1.94. The summed E-state index contributed by atoms with van der Waals surface area (Å²) in [5.74, 6) is -0.148. The van der Waals surface area contributed by atoms with E-state index in [2.05, 4.69) is 11.9 Å². The predicted octanol–water partition coefficient (Wildman–Crippen LogP) is 1.81. The molecule has 6 nitrogen and oxygen atoms in total. The fourth-order valence-corrected chi connectivity index (χ4v) is 3.27. The lowest BCUT2D eigenvalue weighted by molar-refractivity contribution is -0.121. The first-order valence-corrected chi connectivity index (χ1v) is 8.66. The van der Waals surface area contributed by atoms with Gasteiger partial charge in [0.2, 0.25) is 15.9 Å². The summed E-state index contributed by atoms with van der Waals surface area (Å²) in [6.45, 7) is 5.23. The molecule has 0 saturated heterocycles. The molecule has 0 heterocycles. The normalized spacial score (nSPS) is 12.4. The Bertz CT molecular complexity index is 661. The molecule has 0 fully saturated rings. The lowest BCUT2D eigenvalue weighted by Gasteiger charge is -2.29. The Kier molecular flexibility index (Phi) is 6.25. The highest BCUT2D eigenvalue weighted by Gasteiger charge is 2.31. The molecule has 0 unspecified atom stereocenters. The highest BCUT2D eigenvalue weighted by atomic mass is 35.5. The Morgan fingerprint density at radius 2 is 2.18 bits per heavy atom. The van der Waals surface area contributed by atoms with Crippen LogP contribution in [0.5, 0.6) is 5.75 Å². The third-order valence-corrected chi connectivity index (χ3v) is 4.35. The van der Waals surface area contributed by atoms with Crippen LogP contribution < -0.4 is 14.4 Å². The Labute approximate surface area is 135 Å². The van der Waals surface area contributed by atoms with Crippen LogP contribution in [-0.2, 0) is 14.8 Å². The maximum atomic E-state index is 12.2. The maximum absolute atomic E-state index is 12.2.